The van der Waals surface area contributed by atoms with Crippen molar-refractivity contribution >= 4 is 21.9 Å². The van der Waals surface area contributed by atoms with Crippen LogP contribution in [0.25, 0.3) is 0 Å². The van der Waals surface area contributed by atoms with Gasteiger partial charge < -0.3 is 5.11 Å². The molecule has 0 radical (unpaired) electrons. The molecule has 0 saturated heterocycles. The average molecular weight is 270 g/mol. The van der Waals surface area contributed by atoms with Crippen LogP contribution in [-0.2, 0) is 0 Å². The van der Waals surface area contributed by atoms with Crippen molar-refractivity contribution in [3.8, 4) is 0 Å². The Bertz CT molecular complexity index is 383. The third kappa shape index (κ3) is 2.03. The number of carboxylic acids is 1. The van der Waals surface area contributed by atoms with E-state index in [0.717, 1.165) is 0 Å². The van der Waals surface area contributed by atoms with Crippen molar-refractivity contribution in [2.24, 2.45) is 0 Å². The highest BCUT2D eigenvalue weighted by atomic mass is 79.9. The Morgan fingerprint density at radius 3 is 2.57 bits per heavy atom. The van der Waals surface area contributed by atoms with E-state index >= 15 is 0 Å². The van der Waals surface area contributed by atoms with E-state index < -0.39 is 29.6 Å². The molecule has 0 spiro atoms. The summed E-state index contributed by atoms with van der Waals surface area (Å²) >= 11 is 2.66. The van der Waals surface area contributed by atoms with Gasteiger partial charge in [-0.3, -0.25) is 0 Å². The van der Waals surface area contributed by atoms with E-state index in [1.165, 1.54) is 0 Å². The molecule has 1 N–H and O–H groups in total. The van der Waals surface area contributed by atoms with Gasteiger partial charge in [-0.1, -0.05) is 0 Å². The number of hydrogen-bond donors (Lipinski definition) is 1. The molecular weight excluding hydrogens is 267 g/mol. The summed E-state index contributed by atoms with van der Waals surface area (Å²) in [4.78, 5) is 13.3. The lowest BCUT2D eigenvalue weighted by atomic mass is 10.3. The van der Waals surface area contributed by atoms with Gasteiger partial charge in [0, 0.05) is 4.47 Å². The van der Waals surface area contributed by atoms with Crippen molar-refractivity contribution in [3.05, 3.63) is 27.7 Å². The van der Waals surface area contributed by atoms with Gasteiger partial charge >= 0.3 is 5.97 Å². The Hall–Kier alpha value is -1.11. The smallest absolute Gasteiger partial charge is 0.357 e. The van der Waals surface area contributed by atoms with E-state index in [9.17, 15) is 18.0 Å². The number of aromatic carboxylic acids is 1. The highest BCUT2D eigenvalue weighted by molar-refractivity contribution is 9.10. The maximum atomic E-state index is 12.8. The number of hydrogen-bond acceptors (Lipinski definition) is 2. The highest BCUT2D eigenvalue weighted by Crippen LogP contribution is 2.26. The van der Waals surface area contributed by atoms with Crippen LogP contribution in [0.2, 0.25) is 0 Å². The minimum Gasteiger partial charge on any atom is -0.476 e. The molecule has 76 valence electrons. The zero-order valence-corrected chi connectivity index (χ0v) is 8.06. The van der Waals surface area contributed by atoms with E-state index in [1.54, 1.807) is 0 Å². The average Bonchev–Trinajstić information content (AvgIpc) is 2.02. The minimum absolute atomic E-state index is 0.255. The van der Waals surface area contributed by atoms with Crippen molar-refractivity contribution in [2.45, 2.75) is 6.43 Å². The molecule has 0 amide bonds. The monoisotopic (exact) mass is 269 g/mol. The lowest BCUT2D eigenvalue weighted by Crippen LogP contribution is -2.07. The van der Waals surface area contributed by atoms with Crippen LogP contribution in [0.3, 0.4) is 0 Å². The first-order chi connectivity index (χ1) is 6.43. The Balaban J connectivity index is 3.34. The maximum Gasteiger partial charge on any atom is 0.357 e. The van der Waals surface area contributed by atoms with E-state index in [1.807, 2.05) is 0 Å². The second-order valence-corrected chi connectivity index (χ2v) is 3.15. The number of rotatable bonds is 2. The van der Waals surface area contributed by atoms with Crippen LogP contribution in [0.4, 0.5) is 13.2 Å². The van der Waals surface area contributed by atoms with Crippen LogP contribution in [0, 0.1) is 5.82 Å². The van der Waals surface area contributed by atoms with Gasteiger partial charge in [-0.15, -0.1) is 0 Å². The number of carbonyl (C=O) groups is 1. The standard InChI is InChI=1S/C7H3BrF3NO2/c8-2-1-3(9)5(7(13)14)12-4(2)6(10)11/h1,6H,(H,13,14). The molecular formula is C7H3BrF3NO2. The van der Waals surface area contributed by atoms with Crippen LogP contribution in [0.15, 0.2) is 10.5 Å². The SMILES string of the molecule is O=C(O)c1nc(C(F)F)c(Br)cc1F. The van der Waals surface area contributed by atoms with Crippen molar-refractivity contribution in [3.63, 3.8) is 0 Å². The number of carboxylic acid groups (broad SMARTS) is 1. The lowest BCUT2D eigenvalue weighted by Gasteiger charge is -2.04. The number of pyridine rings is 1. The molecule has 1 aromatic heterocycles. The summed E-state index contributed by atoms with van der Waals surface area (Å²) < 4.78 is 37.0. The fraction of sp³-hybridized carbons (Fsp3) is 0.143. The van der Waals surface area contributed by atoms with E-state index in [-0.39, 0.29) is 4.47 Å². The Labute approximate surface area is 84.7 Å². The molecule has 0 bridgehead atoms. The molecule has 1 aromatic rings. The Morgan fingerprint density at radius 1 is 1.57 bits per heavy atom. The molecule has 0 fully saturated rings. The van der Waals surface area contributed by atoms with Crippen molar-refractivity contribution in [2.75, 3.05) is 0 Å². The van der Waals surface area contributed by atoms with Gasteiger partial charge in [0.2, 0.25) is 0 Å². The van der Waals surface area contributed by atoms with Gasteiger partial charge in [0.05, 0.1) is 0 Å². The van der Waals surface area contributed by atoms with E-state index in [0.29, 0.717) is 6.07 Å². The molecule has 0 saturated carbocycles. The third-order valence-electron chi connectivity index (χ3n) is 1.37. The van der Waals surface area contributed by atoms with Gasteiger partial charge in [-0.05, 0) is 22.0 Å². The maximum absolute atomic E-state index is 12.8. The Morgan fingerprint density at radius 2 is 2.14 bits per heavy atom. The molecule has 0 aliphatic rings. The zero-order valence-electron chi connectivity index (χ0n) is 6.47. The number of alkyl halides is 2. The quantitative estimate of drug-likeness (QED) is 0.898. The van der Waals surface area contributed by atoms with Crippen molar-refractivity contribution in [1.29, 1.82) is 0 Å². The minimum atomic E-state index is -2.96. The first kappa shape index (κ1) is 11.0. The van der Waals surface area contributed by atoms with Gasteiger partial charge in [0.15, 0.2) is 11.5 Å². The normalized spacial score (nSPS) is 10.6. The predicted octanol–water partition coefficient (Wildman–Crippen LogP) is 2.62. The van der Waals surface area contributed by atoms with Gasteiger partial charge in [0.25, 0.3) is 6.43 Å². The molecule has 0 aliphatic carbocycles. The molecule has 0 atom stereocenters. The second-order valence-electron chi connectivity index (χ2n) is 2.29. The van der Waals surface area contributed by atoms with Crippen LogP contribution in [-0.4, -0.2) is 16.1 Å². The topological polar surface area (TPSA) is 50.2 Å². The van der Waals surface area contributed by atoms with Crippen molar-refractivity contribution < 1.29 is 23.1 Å². The molecule has 1 heterocycles. The fourth-order valence-corrected chi connectivity index (χ4v) is 1.25. The second kappa shape index (κ2) is 3.95. The molecule has 0 aliphatic heterocycles. The summed E-state index contributed by atoms with van der Waals surface area (Å²) in [5.41, 5.74) is -1.80. The summed E-state index contributed by atoms with van der Waals surface area (Å²) in [6.07, 6.45) is -2.96. The molecule has 0 unspecified atom stereocenters. The van der Waals surface area contributed by atoms with Gasteiger partial charge in [-0.2, -0.15) is 0 Å². The summed E-state index contributed by atoms with van der Waals surface area (Å²) in [6, 6.07) is 0.651. The largest absolute Gasteiger partial charge is 0.476 e. The summed E-state index contributed by atoms with van der Waals surface area (Å²) in [5.74, 6) is -2.84. The number of nitrogens with zero attached hydrogens (tertiary/aromatic N) is 1. The molecule has 7 heteroatoms. The van der Waals surface area contributed by atoms with Crippen molar-refractivity contribution in [1.82, 2.24) is 4.98 Å². The highest BCUT2D eigenvalue weighted by Gasteiger charge is 2.20. The predicted molar refractivity (Wildman–Crippen MR) is 43.8 cm³/mol. The van der Waals surface area contributed by atoms with E-state index in [2.05, 4.69) is 20.9 Å². The first-order valence-electron chi connectivity index (χ1n) is 3.31. The lowest BCUT2D eigenvalue weighted by molar-refractivity contribution is 0.0682. The Kier molecular flexibility index (Phi) is 3.10. The van der Waals surface area contributed by atoms with Crippen LogP contribution < -0.4 is 0 Å². The third-order valence-corrected chi connectivity index (χ3v) is 2.00. The van der Waals surface area contributed by atoms with Crippen LogP contribution >= 0.6 is 15.9 Å². The molecule has 3 nitrogen and oxygen atoms in total. The molecule has 1 rings (SSSR count). The van der Waals surface area contributed by atoms with Crippen LogP contribution in [0.5, 0.6) is 0 Å². The fourth-order valence-electron chi connectivity index (χ4n) is 0.784. The summed E-state index contributed by atoms with van der Waals surface area (Å²) in [6.45, 7) is 0. The van der Waals surface area contributed by atoms with E-state index in [4.69, 9.17) is 5.11 Å². The molecule has 14 heavy (non-hydrogen) atoms. The first-order valence-corrected chi connectivity index (χ1v) is 4.10. The zero-order chi connectivity index (χ0) is 10.9. The number of aromatic nitrogens is 1. The van der Waals surface area contributed by atoms with Gasteiger partial charge in [-0.25, -0.2) is 22.9 Å². The number of halogens is 4. The van der Waals surface area contributed by atoms with Crippen LogP contribution in [0.1, 0.15) is 22.6 Å². The molecule has 0 aromatic carbocycles. The summed E-state index contributed by atoms with van der Waals surface area (Å²) in [7, 11) is 0. The summed E-state index contributed by atoms with van der Waals surface area (Å²) in [5, 5.41) is 8.40. The van der Waals surface area contributed by atoms with Gasteiger partial charge in [0.1, 0.15) is 5.69 Å².